The molecular weight excluding hydrogens is 667 g/mol. The number of nitrogens with one attached hydrogen (secondary N) is 3. The highest BCUT2D eigenvalue weighted by atomic mass is 32.2. The molecule has 5 aromatic carbocycles. The third kappa shape index (κ3) is 5.46. The number of fused-ring (bicyclic) bond motifs is 6. The van der Waals surface area contributed by atoms with Crippen LogP contribution < -0.4 is 19.5 Å². The fraction of sp³-hybridized carbons (Fsp3) is 0.111. The van der Waals surface area contributed by atoms with E-state index in [1.807, 2.05) is 13.8 Å². The molecule has 7 rings (SSSR count). The predicted molar refractivity (Wildman–Crippen MR) is 182 cm³/mol. The lowest BCUT2D eigenvalue weighted by Crippen LogP contribution is -2.33. The highest BCUT2D eigenvalue weighted by Crippen LogP contribution is 2.57. The van der Waals surface area contributed by atoms with Gasteiger partial charge in [-0.15, -0.1) is 0 Å². The number of ether oxygens (including phenoxy) is 2. The monoisotopic (exact) mass is 695 g/mol. The van der Waals surface area contributed by atoms with Crippen LogP contribution in [0.25, 0.3) is 0 Å². The van der Waals surface area contributed by atoms with Gasteiger partial charge in [0.2, 0.25) is 0 Å². The molecule has 0 unspecified atom stereocenters. The van der Waals surface area contributed by atoms with Gasteiger partial charge in [-0.25, -0.2) is 21.6 Å². The molecule has 0 atom stereocenters. The minimum absolute atomic E-state index is 0.0597. The summed E-state index contributed by atoms with van der Waals surface area (Å²) in [6.07, 6.45) is 0. The van der Waals surface area contributed by atoms with Gasteiger partial charge in [0.25, 0.3) is 26.0 Å². The third-order valence-electron chi connectivity index (χ3n) is 8.46. The molecule has 248 valence electrons. The van der Waals surface area contributed by atoms with Crippen LogP contribution in [0.4, 0.5) is 11.4 Å². The number of hydrogen-bond donors (Lipinski definition) is 3. The predicted octanol–water partition coefficient (Wildman–Crippen LogP) is 5.83. The van der Waals surface area contributed by atoms with E-state index < -0.39 is 31.6 Å². The maximum atomic E-state index is 13.4. The fourth-order valence-corrected chi connectivity index (χ4v) is 8.10. The molecule has 0 aromatic heterocycles. The smallest absolute Gasteiger partial charge is 0.340 e. The largest absolute Gasteiger partial charge is 0.456 e. The molecule has 11 nitrogen and oxygen atoms in total. The van der Waals surface area contributed by atoms with Gasteiger partial charge in [0.15, 0.2) is 5.60 Å². The molecule has 0 fully saturated rings. The van der Waals surface area contributed by atoms with Crippen molar-refractivity contribution in [2.24, 2.45) is 0 Å². The number of aryl methyl sites for hydroxylation is 2. The van der Waals surface area contributed by atoms with Crippen molar-refractivity contribution < 1.29 is 35.9 Å². The van der Waals surface area contributed by atoms with Crippen molar-refractivity contribution in [2.45, 2.75) is 29.2 Å². The van der Waals surface area contributed by atoms with E-state index in [4.69, 9.17) is 9.47 Å². The van der Waals surface area contributed by atoms with Crippen LogP contribution in [-0.4, -0.2) is 35.8 Å². The van der Waals surface area contributed by atoms with Crippen molar-refractivity contribution in [3.63, 3.8) is 0 Å². The molecule has 49 heavy (non-hydrogen) atoms. The summed E-state index contributed by atoms with van der Waals surface area (Å²) in [4.78, 5) is 26.2. The standard InChI is InChI=1S/C36H29N3O8S2/c1-21-4-11-26(12-5-21)48(42,43)38-24-9-16-29-32(19-24)46-33-20-25(39-49(44,45)27-13-6-22(2)7-14-27)10-17-30(33)36(29)31-18-23(34(40)37-3)8-15-28(31)35(41)47-36/h4-20,38-39H,1-3H3,(H,37,40). The molecule has 0 saturated carbocycles. The van der Waals surface area contributed by atoms with Gasteiger partial charge >= 0.3 is 5.97 Å². The molecule has 2 aliphatic rings. The van der Waals surface area contributed by atoms with Gasteiger partial charge in [-0.1, -0.05) is 35.4 Å². The van der Waals surface area contributed by atoms with E-state index in [0.717, 1.165) is 11.1 Å². The first kappa shape index (κ1) is 31.9. The van der Waals surface area contributed by atoms with E-state index in [-0.39, 0.29) is 49.7 Å². The topological polar surface area (TPSA) is 157 Å². The Balaban J connectivity index is 1.37. The average Bonchev–Trinajstić information content (AvgIpc) is 3.35. The maximum absolute atomic E-state index is 13.4. The van der Waals surface area contributed by atoms with Crippen LogP contribution in [0.15, 0.2) is 113 Å². The quantitative estimate of drug-likeness (QED) is 0.180. The van der Waals surface area contributed by atoms with Crippen molar-refractivity contribution in [2.75, 3.05) is 16.5 Å². The molecule has 2 heterocycles. The van der Waals surface area contributed by atoms with Gasteiger partial charge in [-0.2, -0.15) is 0 Å². The van der Waals surface area contributed by atoms with Gasteiger partial charge in [-0.05, 0) is 80.6 Å². The number of rotatable bonds is 7. The Morgan fingerprint density at radius 2 is 1.12 bits per heavy atom. The summed E-state index contributed by atoms with van der Waals surface area (Å²) >= 11 is 0. The lowest BCUT2D eigenvalue weighted by molar-refractivity contribution is 0.0224. The molecule has 1 amide bonds. The minimum atomic E-state index is -3.99. The Bertz CT molecular complexity index is 2280. The highest BCUT2D eigenvalue weighted by Gasteiger charge is 2.54. The van der Waals surface area contributed by atoms with Crippen LogP contribution in [-0.2, 0) is 30.4 Å². The number of carbonyl (C=O) groups is 2. The van der Waals surface area contributed by atoms with E-state index in [1.165, 1.54) is 67.7 Å². The van der Waals surface area contributed by atoms with Crippen molar-refractivity contribution in [3.05, 3.63) is 142 Å². The second kappa shape index (κ2) is 11.5. The van der Waals surface area contributed by atoms with E-state index >= 15 is 0 Å². The van der Waals surface area contributed by atoms with Gasteiger partial charge < -0.3 is 14.8 Å². The SMILES string of the molecule is CNC(=O)c1ccc2c(c1)C1(OC2=O)c2ccc(NS(=O)(=O)c3ccc(C)cc3)cc2Oc2cc(NS(=O)(=O)c3ccc(C)cc3)ccc21. The van der Waals surface area contributed by atoms with Gasteiger partial charge in [0, 0.05) is 41.4 Å². The zero-order valence-electron chi connectivity index (χ0n) is 26.4. The second-order valence-electron chi connectivity index (χ2n) is 11.8. The van der Waals surface area contributed by atoms with E-state index in [1.54, 1.807) is 42.5 Å². The number of carbonyl (C=O) groups excluding carboxylic acids is 2. The number of sulfonamides is 2. The Morgan fingerprint density at radius 1 is 0.633 bits per heavy atom. The second-order valence-corrected chi connectivity index (χ2v) is 15.1. The molecule has 13 heteroatoms. The lowest BCUT2D eigenvalue weighted by Gasteiger charge is -2.37. The highest BCUT2D eigenvalue weighted by molar-refractivity contribution is 7.93. The third-order valence-corrected chi connectivity index (χ3v) is 11.3. The molecule has 5 aromatic rings. The Kier molecular flexibility index (Phi) is 7.49. The van der Waals surface area contributed by atoms with Crippen LogP contribution in [0.1, 0.15) is 48.5 Å². The van der Waals surface area contributed by atoms with Crippen LogP contribution in [0.2, 0.25) is 0 Å². The van der Waals surface area contributed by atoms with Crippen LogP contribution >= 0.6 is 0 Å². The Morgan fingerprint density at radius 3 is 1.59 bits per heavy atom. The molecule has 1 spiro atoms. The number of benzene rings is 5. The summed E-state index contributed by atoms with van der Waals surface area (Å²) in [5.74, 6) is -0.751. The normalized spacial score (nSPS) is 14.1. The van der Waals surface area contributed by atoms with Gasteiger partial charge in [0.05, 0.1) is 26.7 Å². The first-order valence-electron chi connectivity index (χ1n) is 15.1. The molecule has 2 aliphatic heterocycles. The fourth-order valence-electron chi connectivity index (χ4n) is 6.00. The van der Waals surface area contributed by atoms with Crippen LogP contribution in [0.5, 0.6) is 11.5 Å². The molecular formula is C36H29N3O8S2. The van der Waals surface area contributed by atoms with Gasteiger partial charge in [-0.3, -0.25) is 14.2 Å². The molecule has 0 aliphatic carbocycles. The number of anilines is 2. The minimum Gasteiger partial charge on any atom is -0.456 e. The lowest BCUT2D eigenvalue weighted by atomic mass is 9.77. The zero-order valence-corrected chi connectivity index (χ0v) is 28.0. The van der Waals surface area contributed by atoms with E-state index in [9.17, 15) is 26.4 Å². The van der Waals surface area contributed by atoms with Crippen molar-refractivity contribution in [3.8, 4) is 11.5 Å². The number of amides is 1. The summed E-state index contributed by atoms with van der Waals surface area (Å²) in [6.45, 7) is 3.70. The van der Waals surface area contributed by atoms with E-state index in [0.29, 0.717) is 16.7 Å². The Labute approximate surface area is 283 Å². The maximum Gasteiger partial charge on any atom is 0.340 e. The summed E-state index contributed by atoms with van der Waals surface area (Å²) in [6, 6.07) is 26.5. The molecule has 0 saturated heterocycles. The van der Waals surface area contributed by atoms with Gasteiger partial charge in [0.1, 0.15) is 11.5 Å². The summed E-state index contributed by atoms with van der Waals surface area (Å²) in [5.41, 5.74) is 2.11. The molecule has 3 N–H and O–H groups in total. The zero-order chi connectivity index (χ0) is 34.7. The van der Waals surface area contributed by atoms with Crippen molar-refractivity contribution in [1.29, 1.82) is 0 Å². The first-order chi connectivity index (χ1) is 23.3. The van der Waals surface area contributed by atoms with Crippen molar-refractivity contribution >= 4 is 43.3 Å². The summed E-state index contributed by atoms with van der Waals surface area (Å²) in [5, 5.41) is 2.59. The summed E-state index contributed by atoms with van der Waals surface area (Å²) in [7, 11) is -6.49. The number of hydrogen-bond acceptors (Lipinski definition) is 8. The van der Waals surface area contributed by atoms with Crippen molar-refractivity contribution in [1.82, 2.24) is 5.32 Å². The van der Waals surface area contributed by atoms with Crippen LogP contribution in [0, 0.1) is 13.8 Å². The first-order valence-corrected chi connectivity index (χ1v) is 18.0. The van der Waals surface area contributed by atoms with E-state index in [2.05, 4.69) is 14.8 Å². The average molecular weight is 696 g/mol. The number of esters is 1. The molecule has 0 bridgehead atoms. The van der Waals surface area contributed by atoms with Crippen LogP contribution in [0.3, 0.4) is 0 Å². The summed E-state index contributed by atoms with van der Waals surface area (Å²) < 4.78 is 70.7. The molecule has 0 radical (unpaired) electrons. The Hall–Kier alpha value is -5.66.